The molecule has 0 saturated carbocycles. The van der Waals surface area contributed by atoms with Gasteiger partial charge >= 0.3 is 0 Å². The van der Waals surface area contributed by atoms with Crippen molar-refractivity contribution in [3.05, 3.63) is 90.4 Å². The Bertz CT molecular complexity index is 1450. The van der Waals surface area contributed by atoms with Gasteiger partial charge in [-0.2, -0.15) is 10.2 Å². The number of aromatic nitrogens is 5. The molecule has 0 radical (unpaired) electrons. The average molecular weight is 448 g/mol. The third-order valence-electron chi connectivity index (χ3n) is 5.85. The van der Waals surface area contributed by atoms with Crippen molar-refractivity contribution < 1.29 is 0 Å². The second-order valence-electron chi connectivity index (χ2n) is 8.31. The van der Waals surface area contributed by atoms with E-state index in [0.717, 1.165) is 44.7 Å². The van der Waals surface area contributed by atoms with Crippen molar-refractivity contribution in [3.8, 4) is 22.5 Å². The minimum atomic E-state index is 0.124. The number of hydrogen-bond acceptors (Lipinski definition) is 7. The lowest BCUT2D eigenvalue weighted by atomic mass is 10.0. The van der Waals surface area contributed by atoms with Crippen molar-refractivity contribution >= 4 is 22.5 Å². The van der Waals surface area contributed by atoms with Crippen molar-refractivity contribution in [3.63, 3.8) is 0 Å². The first-order valence-corrected chi connectivity index (χ1v) is 11.2. The molecule has 5 aromatic rings. The van der Waals surface area contributed by atoms with Gasteiger partial charge in [-0.25, -0.2) is 9.97 Å². The quantitative estimate of drug-likeness (QED) is 0.366. The Balaban J connectivity index is 1.55. The highest BCUT2D eigenvalue weighted by molar-refractivity contribution is 5.88. The summed E-state index contributed by atoms with van der Waals surface area (Å²) in [6.07, 6.45) is 3.50. The molecule has 0 bridgehead atoms. The summed E-state index contributed by atoms with van der Waals surface area (Å²) in [6, 6.07) is 22.0. The summed E-state index contributed by atoms with van der Waals surface area (Å²) < 4.78 is 0. The molecule has 168 valence electrons. The van der Waals surface area contributed by atoms with Crippen LogP contribution in [-0.4, -0.2) is 31.7 Å². The normalized spacial score (nSPS) is 11.9. The molecule has 3 heterocycles. The fourth-order valence-corrected chi connectivity index (χ4v) is 4.04. The molecule has 34 heavy (non-hydrogen) atoms. The lowest BCUT2D eigenvalue weighted by molar-refractivity contribution is 0.734. The molecular weight excluding hydrogens is 422 g/mol. The van der Waals surface area contributed by atoms with Crippen LogP contribution in [0.4, 0.5) is 11.6 Å². The van der Waals surface area contributed by atoms with Crippen molar-refractivity contribution in [2.75, 3.05) is 17.6 Å². The Morgan fingerprint density at radius 1 is 0.882 bits per heavy atom. The highest BCUT2D eigenvalue weighted by Crippen LogP contribution is 2.33. The Hall–Kier alpha value is -4.39. The van der Waals surface area contributed by atoms with Crippen LogP contribution in [-0.2, 0) is 0 Å². The van der Waals surface area contributed by atoms with E-state index >= 15 is 0 Å². The van der Waals surface area contributed by atoms with Crippen LogP contribution in [0.2, 0.25) is 0 Å². The maximum atomic E-state index is 6.38. The lowest BCUT2D eigenvalue weighted by Crippen LogP contribution is -2.16. The molecular formula is C27H25N7. The molecule has 7 heteroatoms. The molecule has 0 aliphatic carbocycles. The molecule has 3 aromatic heterocycles. The zero-order valence-corrected chi connectivity index (χ0v) is 19.1. The standard InChI is InChI=1S/C27H25N7/c1-17-12-14-31-34-23(17)18(2)16-30-27-26(28)32-24(19-7-4-3-5-8-19)25(33-27)21-10-11-22-20(15-21)9-6-13-29-22/h3-15,18H,16H2,1-2H3,(H2,28,32)(H,30,33). The summed E-state index contributed by atoms with van der Waals surface area (Å²) in [5.74, 6) is 1.03. The smallest absolute Gasteiger partial charge is 0.169 e. The maximum Gasteiger partial charge on any atom is 0.169 e. The Kier molecular flexibility index (Phi) is 5.82. The summed E-state index contributed by atoms with van der Waals surface area (Å²) in [5.41, 5.74) is 12.8. The number of anilines is 2. The number of nitrogen functional groups attached to an aromatic ring is 1. The van der Waals surface area contributed by atoms with Crippen molar-refractivity contribution in [1.29, 1.82) is 0 Å². The SMILES string of the molecule is Cc1ccnnc1C(C)CNc1nc(-c2ccc3ncccc3c2)c(-c2ccccc2)nc1N. The predicted molar refractivity (Wildman–Crippen MR) is 136 cm³/mol. The number of aryl methyl sites for hydroxylation is 1. The molecule has 3 N–H and O–H groups in total. The van der Waals surface area contributed by atoms with Crippen LogP contribution < -0.4 is 11.1 Å². The first kappa shape index (κ1) is 21.5. The number of nitrogens with zero attached hydrogens (tertiary/aromatic N) is 5. The first-order valence-electron chi connectivity index (χ1n) is 11.2. The van der Waals surface area contributed by atoms with E-state index in [-0.39, 0.29) is 5.92 Å². The summed E-state index contributed by atoms with van der Waals surface area (Å²) in [4.78, 5) is 14.2. The van der Waals surface area contributed by atoms with E-state index in [2.05, 4.69) is 33.5 Å². The van der Waals surface area contributed by atoms with Crippen LogP contribution in [0.15, 0.2) is 79.1 Å². The molecule has 0 fully saturated rings. The van der Waals surface area contributed by atoms with Gasteiger partial charge in [0.1, 0.15) is 0 Å². The van der Waals surface area contributed by atoms with E-state index in [1.165, 1.54) is 0 Å². The fraction of sp³-hybridized carbons (Fsp3) is 0.148. The largest absolute Gasteiger partial charge is 0.381 e. The van der Waals surface area contributed by atoms with E-state index in [9.17, 15) is 0 Å². The fourth-order valence-electron chi connectivity index (χ4n) is 4.04. The average Bonchev–Trinajstić information content (AvgIpc) is 2.88. The number of rotatable bonds is 6. The van der Waals surface area contributed by atoms with Crippen LogP contribution in [0.1, 0.15) is 24.1 Å². The Morgan fingerprint density at radius 2 is 1.71 bits per heavy atom. The molecule has 1 unspecified atom stereocenters. The van der Waals surface area contributed by atoms with Crippen molar-refractivity contribution in [1.82, 2.24) is 25.1 Å². The van der Waals surface area contributed by atoms with Gasteiger partial charge in [0, 0.05) is 41.4 Å². The highest BCUT2D eigenvalue weighted by atomic mass is 15.1. The van der Waals surface area contributed by atoms with Gasteiger partial charge in [-0.3, -0.25) is 4.98 Å². The number of fused-ring (bicyclic) bond motifs is 1. The summed E-state index contributed by atoms with van der Waals surface area (Å²) in [5, 5.41) is 12.8. The summed E-state index contributed by atoms with van der Waals surface area (Å²) >= 11 is 0. The van der Waals surface area contributed by atoms with E-state index in [1.807, 2.05) is 67.6 Å². The number of pyridine rings is 1. The minimum Gasteiger partial charge on any atom is -0.381 e. The van der Waals surface area contributed by atoms with E-state index in [0.29, 0.717) is 18.2 Å². The van der Waals surface area contributed by atoms with Crippen LogP contribution in [0.3, 0.4) is 0 Å². The second kappa shape index (κ2) is 9.23. The molecule has 5 rings (SSSR count). The van der Waals surface area contributed by atoms with Crippen LogP contribution >= 0.6 is 0 Å². The van der Waals surface area contributed by atoms with Gasteiger partial charge < -0.3 is 11.1 Å². The Labute approximate surface area is 198 Å². The molecule has 0 aliphatic heterocycles. The van der Waals surface area contributed by atoms with Gasteiger partial charge in [0.05, 0.1) is 22.6 Å². The van der Waals surface area contributed by atoms with Gasteiger partial charge in [-0.05, 0) is 36.8 Å². The molecule has 7 nitrogen and oxygen atoms in total. The number of benzene rings is 2. The number of nitrogens with two attached hydrogens (primary N) is 1. The summed E-state index contributed by atoms with van der Waals surface area (Å²) in [6.45, 7) is 4.74. The molecule has 2 aromatic carbocycles. The van der Waals surface area contributed by atoms with Crippen LogP contribution in [0.5, 0.6) is 0 Å². The van der Waals surface area contributed by atoms with Crippen molar-refractivity contribution in [2.45, 2.75) is 19.8 Å². The molecule has 0 saturated heterocycles. The molecule has 1 atom stereocenters. The molecule has 0 spiro atoms. The van der Waals surface area contributed by atoms with E-state index < -0.39 is 0 Å². The van der Waals surface area contributed by atoms with Gasteiger partial charge in [0.15, 0.2) is 11.6 Å². The van der Waals surface area contributed by atoms with Crippen LogP contribution in [0, 0.1) is 6.92 Å². The van der Waals surface area contributed by atoms with Gasteiger partial charge in [-0.1, -0.05) is 49.4 Å². The topological polar surface area (TPSA) is 102 Å². The lowest BCUT2D eigenvalue weighted by Gasteiger charge is -2.17. The second-order valence-corrected chi connectivity index (χ2v) is 8.31. The van der Waals surface area contributed by atoms with Crippen molar-refractivity contribution in [2.24, 2.45) is 0 Å². The van der Waals surface area contributed by atoms with Gasteiger partial charge in [0.2, 0.25) is 0 Å². The zero-order chi connectivity index (χ0) is 23.5. The monoisotopic (exact) mass is 447 g/mol. The van der Waals surface area contributed by atoms with Gasteiger partial charge in [-0.15, -0.1) is 0 Å². The zero-order valence-electron chi connectivity index (χ0n) is 19.1. The summed E-state index contributed by atoms with van der Waals surface area (Å²) in [7, 11) is 0. The van der Waals surface area contributed by atoms with Crippen LogP contribution in [0.25, 0.3) is 33.4 Å². The predicted octanol–water partition coefficient (Wildman–Crippen LogP) is 5.26. The Morgan fingerprint density at radius 3 is 2.53 bits per heavy atom. The van der Waals surface area contributed by atoms with Gasteiger partial charge in [0.25, 0.3) is 0 Å². The van der Waals surface area contributed by atoms with E-state index in [1.54, 1.807) is 12.4 Å². The highest BCUT2D eigenvalue weighted by Gasteiger charge is 2.17. The third-order valence-corrected chi connectivity index (χ3v) is 5.85. The number of nitrogens with one attached hydrogen (secondary N) is 1. The first-order chi connectivity index (χ1) is 16.6. The third kappa shape index (κ3) is 4.28. The van der Waals surface area contributed by atoms with E-state index in [4.69, 9.17) is 15.7 Å². The maximum absolute atomic E-state index is 6.38. The number of hydrogen-bond donors (Lipinski definition) is 2. The molecule has 0 aliphatic rings. The molecule has 0 amide bonds. The minimum absolute atomic E-state index is 0.124.